The molecule has 0 saturated carbocycles. The van der Waals surface area contributed by atoms with Gasteiger partial charge in [-0.25, -0.2) is 0 Å². The van der Waals surface area contributed by atoms with E-state index < -0.39 is 6.10 Å². The Kier molecular flexibility index (Phi) is 67.7. The average molecular weight is 1160 g/mol. The van der Waals surface area contributed by atoms with Crippen molar-refractivity contribution in [1.29, 1.82) is 0 Å². The molecule has 0 fully saturated rings. The molecular formula is C77H134O6. The molecule has 0 aromatic heterocycles. The highest BCUT2D eigenvalue weighted by atomic mass is 16.6. The van der Waals surface area contributed by atoms with Gasteiger partial charge in [-0.1, -0.05) is 330 Å². The van der Waals surface area contributed by atoms with Crippen molar-refractivity contribution in [2.45, 2.75) is 361 Å². The summed E-state index contributed by atoms with van der Waals surface area (Å²) in [5.41, 5.74) is 0. The van der Waals surface area contributed by atoms with Gasteiger partial charge >= 0.3 is 17.9 Å². The first-order chi connectivity index (χ1) is 41.0. The van der Waals surface area contributed by atoms with E-state index in [1.54, 1.807) is 0 Å². The van der Waals surface area contributed by atoms with E-state index in [4.69, 9.17) is 14.2 Å². The summed E-state index contributed by atoms with van der Waals surface area (Å²) in [5.74, 6) is -0.869. The van der Waals surface area contributed by atoms with Crippen LogP contribution in [0, 0.1) is 0 Å². The van der Waals surface area contributed by atoms with Gasteiger partial charge in [-0.05, 0) is 103 Å². The Morgan fingerprint density at radius 2 is 0.470 bits per heavy atom. The second kappa shape index (κ2) is 70.8. The van der Waals surface area contributed by atoms with Crippen molar-refractivity contribution in [1.82, 2.24) is 0 Å². The molecule has 0 aromatic rings. The van der Waals surface area contributed by atoms with Gasteiger partial charge in [-0.15, -0.1) is 0 Å². The average Bonchev–Trinajstić information content (AvgIpc) is 3.48. The Morgan fingerprint density at radius 1 is 0.253 bits per heavy atom. The van der Waals surface area contributed by atoms with Crippen LogP contribution in [-0.2, 0) is 28.6 Å². The lowest BCUT2D eigenvalue weighted by molar-refractivity contribution is -0.167. The van der Waals surface area contributed by atoms with Gasteiger partial charge in [0, 0.05) is 19.3 Å². The molecule has 83 heavy (non-hydrogen) atoms. The first-order valence-electron chi connectivity index (χ1n) is 35.7. The van der Waals surface area contributed by atoms with Gasteiger partial charge in [0.05, 0.1) is 0 Å². The Labute approximate surface area is 515 Å². The van der Waals surface area contributed by atoms with E-state index in [-0.39, 0.29) is 31.1 Å². The molecular weight excluding hydrogens is 1020 g/mol. The summed E-state index contributed by atoms with van der Waals surface area (Å²) in [5, 5.41) is 0. The van der Waals surface area contributed by atoms with Crippen molar-refractivity contribution in [2.24, 2.45) is 0 Å². The number of carbonyl (C=O) groups excluding carboxylic acids is 3. The van der Waals surface area contributed by atoms with Crippen molar-refractivity contribution in [3.05, 3.63) is 97.2 Å². The van der Waals surface area contributed by atoms with Crippen LogP contribution in [0.2, 0.25) is 0 Å². The number of esters is 3. The highest BCUT2D eigenvalue weighted by molar-refractivity contribution is 5.71. The minimum Gasteiger partial charge on any atom is -0.462 e. The standard InChI is InChI=1S/C77H134O6/c1-4-7-10-13-16-19-22-24-26-28-30-32-34-36-38-40-42-44-46-48-50-52-55-58-61-64-67-70-76(79)82-73-74(72-81-75(78)69-66-63-60-57-54-21-18-15-12-9-6-3)83-77(80)71-68-65-62-59-56-53-51-49-47-45-43-41-39-37-35-33-31-29-27-25-23-20-17-14-11-8-5-2/h7,10,16,19,23-26,29-32,36,38,42,44,74H,4-6,8-9,11-15,17-18,20-22,27-28,33-35,37,39-41,43,45-73H2,1-3H3/b10-7-,19-16-,25-23-,26-24-,31-29-,32-30-,38-36-,44-42-. The van der Waals surface area contributed by atoms with Crippen LogP contribution in [0.3, 0.4) is 0 Å². The summed E-state index contributed by atoms with van der Waals surface area (Å²) in [7, 11) is 0. The fourth-order valence-corrected chi connectivity index (χ4v) is 10.2. The predicted octanol–water partition coefficient (Wildman–Crippen LogP) is 24.8. The highest BCUT2D eigenvalue weighted by Gasteiger charge is 2.19. The number of ether oxygens (including phenoxy) is 3. The van der Waals surface area contributed by atoms with Crippen LogP contribution in [0.25, 0.3) is 0 Å². The molecule has 0 aromatic carbocycles. The maximum absolute atomic E-state index is 13.0. The lowest BCUT2D eigenvalue weighted by atomic mass is 10.0. The quantitative estimate of drug-likeness (QED) is 0.0261. The first kappa shape index (κ1) is 79.3. The van der Waals surface area contributed by atoms with Gasteiger partial charge in [0.1, 0.15) is 13.2 Å². The SMILES string of the molecule is CC/C=C\C/C=C\C/C=C\C/C=C\C/C=C\C/C=C\CCCCCCCCCCC(=O)OCC(COC(=O)CCCCCCCCCCCCC)OC(=O)CCCCCCCCCCCCCCCCC/C=C\C/C=C\CCCCCCC. The molecule has 0 heterocycles. The van der Waals surface area contributed by atoms with Gasteiger partial charge in [-0.2, -0.15) is 0 Å². The molecule has 6 heteroatoms. The van der Waals surface area contributed by atoms with Gasteiger partial charge in [0.2, 0.25) is 0 Å². The summed E-state index contributed by atoms with van der Waals surface area (Å²) in [4.78, 5) is 38.4. The molecule has 1 atom stereocenters. The monoisotopic (exact) mass is 1160 g/mol. The Morgan fingerprint density at radius 3 is 0.735 bits per heavy atom. The van der Waals surface area contributed by atoms with Crippen molar-refractivity contribution in [3.8, 4) is 0 Å². The molecule has 0 bridgehead atoms. The van der Waals surface area contributed by atoms with Gasteiger partial charge in [-0.3, -0.25) is 14.4 Å². The van der Waals surface area contributed by atoms with Crippen LogP contribution >= 0.6 is 0 Å². The van der Waals surface area contributed by atoms with E-state index in [1.807, 2.05) is 0 Å². The Bertz CT molecular complexity index is 1610. The van der Waals surface area contributed by atoms with Crippen LogP contribution in [0.5, 0.6) is 0 Å². The molecule has 0 aliphatic rings. The Balaban J connectivity index is 4.24. The normalized spacial score (nSPS) is 12.7. The fourth-order valence-electron chi connectivity index (χ4n) is 10.2. The van der Waals surface area contributed by atoms with E-state index in [9.17, 15) is 14.4 Å². The van der Waals surface area contributed by atoms with Gasteiger partial charge in [0.25, 0.3) is 0 Å². The van der Waals surface area contributed by atoms with Gasteiger partial charge in [0.15, 0.2) is 6.10 Å². The lowest BCUT2D eigenvalue weighted by Crippen LogP contribution is -2.30. The fraction of sp³-hybridized carbons (Fsp3) is 0.753. The molecule has 0 radical (unpaired) electrons. The summed E-state index contributed by atoms with van der Waals surface area (Å²) < 4.78 is 17.0. The number of hydrogen-bond acceptors (Lipinski definition) is 6. The zero-order valence-corrected chi connectivity index (χ0v) is 54.9. The largest absolute Gasteiger partial charge is 0.462 e. The minimum absolute atomic E-state index is 0.0761. The maximum atomic E-state index is 13.0. The predicted molar refractivity (Wildman–Crippen MR) is 362 cm³/mol. The van der Waals surface area contributed by atoms with Crippen LogP contribution < -0.4 is 0 Å². The highest BCUT2D eigenvalue weighted by Crippen LogP contribution is 2.17. The molecule has 1 unspecified atom stereocenters. The molecule has 0 aliphatic heterocycles. The van der Waals surface area contributed by atoms with Crippen LogP contribution in [0.4, 0.5) is 0 Å². The molecule has 0 spiro atoms. The lowest BCUT2D eigenvalue weighted by Gasteiger charge is -2.18. The van der Waals surface area contributed by atoms with E-state index in [0.29, 0.717) is 19.3 Å². The van der Waals surface area contributed by atoms with Crippen LogP contribution in [-0.4, -0.2) is 37.2 Å². The zero-order chi connectivity index (χ0) is 59.9. The third-order valence-corrected chi connectivity index (χ3v) is 15.6. The second-order valence-corrected chi connectivity index (χ2v) is 23.8. The van der Waals surface area contributed by atoms with Crippen molar-refractivity contribution in [3.63, 3.8) is 0 Å². The zero-order valence-electron chi connectivity index (χ0n) is 54.9. The number of hydrogen-bond donors (Lipinski definition) is 0. The molecule has 478 valence electrons. The number of carbonyl (C=O) groups is 3. The second-order valence-electron chi connectivity index (χ2n) is 23.8. The summed E-state index contributed by atoms with van der Waals surface area (Å²) in [6.07, 6.45) is 95.8. The van der Waals surface area contributed by atoms with Crippen molar-refractivity contribution >= 4 is 17.9 Å². The Hall–Kier alpha value is -3.67. The van der Waals surface area contributed by atoms with Crippen molar-refractivity contribution in [2.75, 3.05) is 13.2 Å². The van der Waals surface area contributed by atoms with E-state index in [2.05, 4.69) is 118 Å². The number of rotatable bonds is 65. The van der Waals surface area contributed by atoms with E-state index in [0.717, 1.165) is 109 Å². The minimum atomic E-state index is -0.781. The topological polar surface area (TPSA) is 78.9 Å². The number of allylic oxidation sites excluding steroid dienone is 16. The van der Waals surface area contributed by atoms with E-state index in [1.165, 1.54) is 205 Å². The molecule has 0 amide bonds. The third kappa shape index (κ3) is 69.0. The maximum Gasteiger partial charge on any atom is 0.306 e. The van der Waals surface area contributed by atoms with Gasteiger partial charge < -0.3 is 14.2 Å². The molecule has 6 nitrogen and oxygen atoms in total. The summed E-state index contributed by atoms with van der Waals surface area (Å²) >= 11 is 0. The van der Waals surface area contributed by atoms with Crippen LogP contribution in [0.15, 0.2) is 97.2 Å². The smallest absolute Gasteiger partial charge is 0.306 e. The molecule has 0 saturated heterocycles. The van der Waals surface area contributed by atoms with E-state index >= 15 is 0 Å². The molecule has 0 N–H and O–H groups in total. The van der Waals surface area contributed by atoms with Crippen molar-refractivity contribution < 1.29 is 28.6 Å². The number of unbranched alkanes of at least 4 members (excludes halogenated alkanes) is 38. The first-order valence-corrected chi connectivity index (χ1v) is 35.7. The summed E-state index contributed by atoms with van der Waals surface area (Å²) in [6.45, 7) is 6.54. The van der Waals surface area contributed by atoms with Crippen LogP contribution in [0.1, 0.15) is 355 Å². The molecule has 0 rings (SSSR count). The molecule has 0 aliphatic carbocycles. The third-order valence-electron chi connectivity index (χ3n) is 15.6. The summed E-state index contributed by atoms with van der Waals surface area (Å²) in [6, 6.07) is 0.